The van der Waals surface area contributed by atoms with E-state index in [2.05, 4.69) is 27.1 Å². The molecule has 2 atom stereocenters. The monoisotopic (exact) mass is 414 g/mol. The van der Waals surface area contributed by atoms with Gasteiger partial charge in [0.15, 0.2) is 0 Å². The lowest BCUT2D eigenvalue weighted by Gasteiger charge is -2.26. The standard InChI is InChI=1S/C21H26N4O3S/c1-13(8-15-5-7-29-12-15)24-19-18(20(27)21(19)28)23-11-16(25(2)3)9-14-4-6-22-17(26)10-14/h4-7,10,12-13,16,23-24H,8-9,11H2,1-3H3,(H,22,26)/t13-,16-/m0/s1. The smallest absolute Gasteiger partial charge is 0.253 e. The Morgan fingerprint density at radius 1 is 1.07 bits per heavy atom. The minimum Gasteiger partial charge on any atom is -0.378 e. The number of nitrogens with zero attached hydrogens (tertiary/aromatic N) is 1. The van der Waals surface area contributed by atoms with Crippen LogP contribution in [0, 0.1) is 0 Å². The summed E-state index contributed by atoms with van der Waals surface area (Å²) < 4.78 is 0. The molecular weight excluding hydrogens is 388 g/mol. The van der Waals surface area contributed by atoms with E-state index in [9.17, 15) is 14.4 Å². The third kappa shape index (κ3) is 5.21. The minimum absolute atomic E-state index is 0.0362. The van der Waals surface area contributed by atoms with Crippen molar-refractivity contribution in [1.29, 1.82) is 0 Å². The van der Waals surface area contributed by atoms with Gasteiger partial charge in [0.25, 0.3) is 10.9 Å². The van der Waals surface area contributed by atoms with Crippen molar-refractivity contribution in [2.75, 3.05) is 31.3 Å². The maximum Gasteiger partial charge on any atom is 0.253 e. The number of rotatable bonds is 10. The third-order valence-corrected chi connectivity index (χ3v) is 5.71. The summed E-state index contributed by atoms with van der Waals surface area (Å²) in [6.45, 7) is 2.48. The van der Waals surface area contributed by atoms with Gasteiger partial charge in [-0.3, -0.25) is 14.4 Å². The highest BCUT2D eigenvalue weighted by Gasteiger charge is 2.23. The molecule has 2 heterocycles. The molecule has 29 heavy (non-hydrogen) atoms. The summed E-state index contributed by atoms with van der Waals surface area (Å²) in [5, 5.41) is 10.4. The van der Waals surface area contributed by atoms with E-state index < -0.39 is 10.9 Å². The molecule has 0 fully saturated rings. The summed E-state index contributed by atoms with van der Waals surface area (Å²) in [4.78, 5) is 40.3. The molecule has 3 rings (SSSR count). The normalized spacial score (nSPS) is 13.5. The topological polar surface area (TPSA) is 94.3 Å². The van der Waals surface area contributed by atoms with Gasteiger partial charge in [0, 0.05) is 30.9 Å². The first-order valence-electron chi connectivity index (χ1n) is 9.54. The summed E-state index contributed by atoms with van der Waals surface area (Å²) in [5.74, 6) is 0. The highest BCUT2D eigenvalue weighted by molar-refractivity contribution is 7.07. The van der Waals surface area contributed by atoms with E-state index in [1.807, 2.05) is 37.4 Å². The second kappa shape index (κ2) is 9.19. The van der Waals surface area contributed by atoms with Crippen molar-refractivity contribution in [1.82, 2.24) is 9.88 Å². The van der Waals surface area contributed by atoms with Crippen LogP contribution in [0.25, 0.3) is 0 Å². The Morgan fingerprint density at radius 3 is 2.48 bits per heavy atom. The number of likely N-dealkylation sites (N-methyl/N-ethyl adjacent to an activating group) is 1. The van der Waals surface area contributed by atoms with Gasteiger partial charge in [-0.2, -0.15) is 11.3 Å². The zero-order chi connectivity index (χ0) is 21.0. The van der Waals surface area contributed by atoms with Crippen LogP contribution in [0.5, 0.6) is 0 Å². The molecule has 8 heteroatoms. The van der Waals surface area contributed by atoms with Crippen molar-refractivity contribution in [2.45, 2.75) is 31.8 Å². The number of hydrogen-bond donors (Lipinski definition) is 3. The van der Waals surface area contributed by atoms with Crippen LogP contribution in [0.4, 0.5) is 11.4 Å². The fourth-order valence-corrected chi connectivity index (χ4v) is 3.98. The first-order valence-corrected chi connectivity index (χ1v) is 10.5. The molecule has 0 saturated heterocycles. The lowest BCUT2D eigenvalue weighted by molar-refractivity contribution is 0.303. The van der Waals surface area contributed by atoms with Gasteiger partial charge in [-0.05, 0) is 67.9 Å². The fourth-order valence-electron chi connectivity index (χ4n) is 3.30. The van der Waals surface area contributed by atoms with Gasteiger partial charge in [-0.25, -0.2) is 0 Å². The molecule has 2 aromatic heterocycles. The van der Waals surface area contributed by atoms with Crippen LogP contribution < -0.4 is 27.1 Å². The Bertz CT molecular complexity index is 1060. The van der Waals surface area contributed by atoms with Gasteiger partial charge in [0.2, 0.25) is 5.56 Å². The van der Waals surface area contributed by atoms with E-state index in [0.29, 0.717) is 24.3 Å². The van der Waals surface area contributed by atoms with Gasteiger partial charge >= 0.3 is 0 Å². The van der Waals surface area contributed by atoms with Crippen LogP contribution in [-0.4, -0.2) is 42.6 Å². The van der Waals surface area contributed by atoms with Crippen LogP contribution in [0.3, 0.4) is 0 Å². The molecule has 0 amide bonds. The van der Waals surface area contributed by atoms with Gasteiger partial charge in [-0.15, -0.1) is 0 Å². The molecule has 3 aromatic rings. The van der Waals surface area contributed by atoms with Crippen molar-refractivity contribution in [2.24, 2.45) is 0 Å². The quantitative estimate of drug-likeness (QED) is 0.437. The van der Waals surface area contributed by atoms with E-state index in [1.54, 1.807) is 23.6 Å². The largest absolute Gasteiger partial charge is 0.378 e. The van der Waals surface area contributed by atoms with Crippen molar-refractivity contribution < 1.29 is 0 Å². The Hall–Kier alpha value is -2.71. The second-order valence-electron chi connectivity index (χ2n) is 7.55. The first-order chi connectivity index (χ1) is 13.8. The lowest BCUT2D eigenvalue weighted by atomic mass is 10.1. The molecule has 7 nitrogen and oxygen atoms in total. The maximum absolute atomic E-state index is 12.1. The van der Waals surface area contributed by atoms with Crippen LogP contribution in [-0.2, 0) is 12.8 Å². The molecule has 0 bridgehead atoms. The average molecular weight is 415 g/mol. The lowest BCUT2D eigenvalue weighted by Crippen LogP contribution is -2.43. The van der Waals surface area contributed by atoms with Crippen LogP contribution in [0.2, 0.25) is 0 Å². The van der Waals surface area contributed by atoms with Gasteiger partial charge in [0.05, 0.1) is 0 Å². The van der Waals surface area contributed by atoms with E-state index in [-0.39, 0.29) is 17.6 Å². The molecule has 0 unspecified atom stereocenters. The first kappa shape index (κ1) is 21.0. The number of anilines is 2. The van der Waals surface area contributed by atoms with Crippen molar-refractivity contribution in [3.05, 3.63) is 77.1 Å². The molecule has 0 aliphatic rings. The SMILES string of the molecule is C[C@@H](Cc1ccsc1)Nc1c(NC[C@H](Cc2cc[nH]c(=O)c2)N(C)C)c(=O)c1=O. The Labute approximate surface area is 173 Å². The summed E-state index contributed by atoms with van der Waals surface area (Å²) in [6, 6.07) is 5.59. The highest BCUT2D eigenvalue weighted by Crippen LogP contribution is 2.18. The zero-order valence-corrected chi connectivity index (χ0v) is 17.6. The molecule has 1 aromatic carbocycles. The summed E-state index contributed by atoms with van der Waals surface area (Å²) >= 11 is 1.64. The minimum atomic E-state index is -0.483. The van der Waals surface area contributed by atoms with Crippen LogP contribution in [0.1, 0.15) is 18.1 Å². The van der Waals surface area contributed by atoms with Crippen LogP contribution >= 0.6 is 11.3 Å². The van der Waals surface area contributed by atoms with Crippen molar-refractivity contribution >= 4 is 22.7 Å². The molecule has 0 aliphatic heterocycles. The Balaban J connectivity index is 1.64. The highest BCUT2D eigenvalue weighted by atomic mass is 32.1. The average Bonchev–Trinajstić information content (AvgIpc) is 3.18. The van der Waals surface area contributed by atoms with E-state index in [1.165, 1.54) is 5.56 Å². The van der Waals surface area contributed by atoms with Crippen LogP contribution in [0.15, 0.2) is 49.5 Å². The van der Waals surface area contributed by atoms with Crippen molar-refractivity contribution in [3.8, 4) is 0 Å². The number of nitrogens with one attached hydrogen (secondary N) is 3. The number of pyridine rings is 1. The summed E-state index contributed by atoms with van der Waals surface area (Å²) in [7, 11) is 3.90. The fraction of sp³-hybridized carbons (Fsp3) is 0.381. The molecule has 0 spiro atoms. The predicted octanol–water partition coefficient (Wildman–Crippen LogP) is 1.66. The number of aromatic nitrogens is 1. The molecular formula is C21H26N4O3S. The second-order valence-corrected chi connectivity index (χ2v) is 8.33. The van der Waals surface area contributed by atoms with E-state index in [4.69, 9.17) is 0 Å². The van der Waals surface area contributed by atoms with Gasteiger partial charge < -0.3 is 20.5 Å². The van der Waals surface area contributed by atoms with E-state index >= 15 is 0 Å². The zero-order valence-electron chi connectivity index (χ0n) is 16.8. The van der Waals surface area contributed by atoms with Gasteiger partial charge in [-0.1, -0.05) is 0 Å². The van der Waals surface area contributed by atoms with Crippen molar-refractivity contribution in [3.63, 3.8) is 0 Å². The molecule has 154 valence electrons. The number of H-pyrrole nitrogens is 1. The van der Waals surface area contributed by atoms with Gasteiger partial charge in [0.1, 0.15) is 11.4 Å². The molecule has 0 radical (unpaired) electrons. The predicted molar refractivity (Wildman–Crippen MR) is 119 cm³/mol. The molecule has 3 N–H and O–H groups in total. The summed E-state index contributed by atoms with van der Waals surface area (Å²) in [5.41, 5.74) is 1.75. The Morgan fingerprint density at radius 2 is 1.83 bits per heavy atom. The number of hydrogen-bond acceptors (Lipinski definition) is 7. The summed E-state index contributed by atoms with van der Waals surface area (Å²) in [6.07, 6.45) is 3.06. The Kier molecular flexibility index (Phi) is 6.66. The molecule has 0 saturated carbocycles. The number of aromatic amines is 1. The molecule has 0 aliphatic carbocycles. The van der Waals surface area contributed by atoms with E-state index in [0.717, 1.165) is 12.0 Å². The third-order valence-electron chi connectivity index (χ3n) is 4.98. The number of thiophene rings is 1. The maximum atomic E-state index is 12.1.